The van der Waals surface area contributed by atoms with Crippen LogP contribution in [0.3, 0.4) is 0 Å². The molecular weight excluding hydrogens is 204 g/mol. The molecule has 0 aromatic carbocycles. The van der Waals surface area contributed by atoms with E-state index in [2.05, 4.69) is 10.3 Å². The molecule has 0 spiro atoms. The van der Waals surface area contributed by atoms with Crippen molar-refractivity contribution in [1.29, 1.82) is 5.26 Å². The fraction of sp³-hybridized carbons (Fsp3) is 0.364. The lowest BCUT2D eigenvalue weighted by atomic mass is 10.2. The number of piperazine rings is 1. The highest BCUT2D eigenvalue weighted by molar-refractivity contribution is 5.79. The lowest BCUT2D eigenvalue weighted by Gasteiger charge is -2.27. The minimum Gasteiger partial charge on any atom is -0.336 e. The van der Waals surface area contributed by atoms with Gasteiger partial charge < -0.3 is 10.2 Å². The van der Waals surface area contributed by atoms with E-state index in [9.17, 15) is 4.79 Å². The second-order valence-corrected chi connectivity index (χ2v) is 3.62. The lowest BCUT2D eigenvalue weighted by Crippen LogP contribution is -2.47. The number of rotatable bonds is 2. The quantitative estimate of drug-likeness (QED) is 0.748. The third-order valence-corrected chi connectivity index (χ3v) is 2.55. The molecule has 5 heteroatoms. The van der Waals surface area contributed by atoms with Gasteiger partial charge in [0, 0.05) is 31.4 Å². The van der Waals surface area contributed by atoms with Gasteiger partial charge in [0.1, 0.15) is 11.8 Å². The number of amides is 1. The van der Waals surface area contributed by atoms with E-state index >= 15 is 0 Å². The first-order chi connectivity index (χ1) is 7.81. The fourth-order valence-electron chi connectivity index (χ4n) is 1.69. The molecule has 1 fully saturated rings. The first kappa shape index (κ1) is 10.6. The van der Waals surface area contributed by atoms with Gasteiger partial charge in [-0.05, 0) is 6.07 Å². The molecule has 1 aromatic heterocycles. The Morgan fingerprint density at radius 1 is 1.62 bits per heavy atom. The summed E-state index contributed by atoms with van der Waals surface area (Å²) in [6, 6.07) is 5.65. The Balaban J connectivity index is 2.14. The smallest absolute Gasteiger partial charge is 0.236 e. The van der Waals surface area contributed by atoms with Crippen molar-refractivity contribution < 1.29 is 4.79 Å². The summed E-state index contributed by atoms with van der Waals surface area (Å²) < 4.78 is 0. The van der Waals surface area contributed by atoms with E-state index in [0.717, 1.165) is 12.1 Å². The maximum Gasteiger partial charge on any atom is 0.236 e. The van der Waals surface area contributed by atoms with Crippen molar-refractivity contribution in [1.82, 2.24) is 15.2 Å². The predicted molar refractivity (Wildman–Crippen MR) is 57.2 cm³/mol. The van der Waals surface area contributed by atoms with E-state index in [-0.39, 0.29) is 5.91 Å². The number of nitriles is 1. The van der Waals surface area contributed by atoms with Crippen LogP contribution in [0.15, 0.2) is 18.3 Å². The van der Waals surface area contributed by atoms with Crippen LogP contribution in [0.5, 0.6) is 0 Å². The third kappa shape index (κ3) is 2.18. The highest BCUT2D eigenvalue weighted by Crippen LogP contribution is 2.09. The molecule has 0 atom stereocenters. The Labute approximate surface area is 93.7 Å². The molecule has 82 valence electrons. The molecule has 2 heterocycles. The molecule has 0 saturated carbocycles. The second-order valence-electron chi connectivity index (χ2n) is 3.62. The highest BCUT2D eigenvalue weighted by atomic mass is 16.2. The van der Waals surface area contributed by atoms with Gasteiger partial charge in [-0.1, -0.05) is 6.07 Å². The number of nitrogens with zero attached hydrogens (tertiary/aromatic N) is 3. The van der Waals surface area contributed by atoms with Gasteiger partial charge in [0.2, 0.25) is 5.91 Å². The summed E-state index contributed by atoms with van der Waals surface area (Å²) in [6.45, 7) is 2.33. The molecule has 1 aromatic rings. The first-order valence-corrected chi connectivity index (χ1v) is 5.14. The third-order valence-electron chi connectivity index (χ3n) is 2.55. The topological polar surface area (TPSA) is 69.0 Å². The van der Waals surface area contributed by atoms with Gasteiger partial charge in [-0.2, -0.15) is 5.26 Å². The van der Waals surface area contributed by atoms with Gasteiger partial charge in [0.15, 0.2) is 0 Å². The first-order valence-electron chi connectivity index (χ1n) is 5.14. The number of aromatic nitrogens is 1. The van der Waals surface area contributed by atoms with E-state index in [1.165, 1.54) is 0 Å². The standard InChI is InChI=1S/C11H12N4O/c12-6-10-9(2-1-3-14-10)8-15-5-4-13-7-11(15)16/h1-3,13H,4-5,7-8H2. The van der Waals surface area contributed by atoms with Crippen LogP contribution in [0.1, 0.15) is 11.3 Å². The van der Waals surface area contributed by atoms with Crippen LogP contribution in [0.25, 0.3) is 0 Å². The van der Waals surface area contributed by atoms with Crippen molar-refractivity contribution >= 4 is 5.91 Å². The number of nitrogens with one attached hydrogen (secondary N) is 1. The predicted octanol–water partition coefficient (Wildman–Crippen LogP) is -0.115. The molecule has 1 amide bonds. The van der Waals surface area contributed by atoms with E-state index in [1.54, 1.807) is 17.2 Å². The van der Waals surface area contributed by atoms with Gasteiger partial charge in [-0.25, -0.2) is 4.98 Å². The number of hydrogen-bond donors (Lipinski definition) is 1. The molecule has 0 aliphatic carbocycles. The Hall–Kier alpha value is -1.93. The monoisotopic (exact) mass is 216 g/mol. The Morgan fingerprint density at radius 3 is 3.25 bits per heavy atom. The van der Waals surface area contributed by atoms with Crippen LogP contribution in [0.4, 0.5) is 0 Å². The maximum absolute atomic E-state index is 11.6. The van der Waals surface area contributed by atoms with Crippen molar-refractivity contribution in [3.8, 4) is 6.07 Å². The molecular formula is C11H12N4O. The van der Waals surface area contributed by atoms with Crippen molar-refractivity contribution in [3.63, 3.8) is 0 Å². The van der Waals surface area contributed by atoms with E-state index in [0.29, 0.717) is 25.3 Å². The zero-order chi connectivity index (χ0) is 11.4. The molecule has 1 aliphatic rings. The van der Waals surface area contributed by atoms with Crippen molar-refractivity contribution in [3.05, 3.63) is 29.6 Å². The van der Waals surface area contributed by atoms with Crippen molar-refractivity contribution in [2.24, 2.45) is 0 Å². The van der Waals surface area contributed by atoms with Crippen molar-refractivity contribution in [2.75, 3.05) is 19.6 Å². The minimum atomic E-state index is 0.0685. The molecule has 0 bridgehead atoms. The van der Waals surface area contributed by atoms with Crippen LogP contribution in [0.2, 0.25) is 0 Å². The zero-order valence-corrected chi connectivity index (χ0v) is 8.81. The number of carbonyl (C=O) groups is 1. The highest BCUT2D eigenvalue weighted by Gasteiger charge is 2.18. The molecule has 2 rings (SSSR count). The van der Waals surface area contributed by atoms with Crippen LogP contribution in [-0.2, 0) is 11.3 Å². The summed E-state index contributed by atoms with van der Waals surface area (Å²) in [5.74, 6) is 0.0685. The fourth-order valence-corrected chi connectivity index (χ4v) is 1.69. The van der Waals surface area contributed by atoms with Gasteiger partial charge >= 0.3 is 0 Å². The van der Waals surface area contributed by atoms with Crippen LogP contribution in [0, 0.1) is 11.3 Å². The normalized spacial score (nSPS) is 15.9. The number of pyridine rings is 1. The van der Waals surface area contributed by atoms with Gasteiger partial charge in [-0.15, -0.1) is 0 Å². The number of hydrogen-bond acceptors (Lipinski definition) is 4. The summed E-state index contributed by atoms with van der Waals surface area (Å²) in [5.41, 5.74) is 1.20. The molecule has 16 heavy (non-hydrogen) atoms. The van der Waals surface area contributed by atoms with E-state index < -0.39 is 0 Å². The average Bonchev–Trinajstić information content (AvgIpc) is 2.33. The van der Waals surface area contributed by atoms with Gasteiger partial charge in [0.05, 0.1) is 6.54 Å². The molecule has 1 aliphatic heterocycles. The second kappa shape index (κ2) is 4.73. The van der Waals surface area contributed by atoms with Crippen LogP contribution >= 0.6 is 0 Å². The largest absolute Gasteiger partial charge is 0.336 e. The molecule has 1 saturated heterocycles. The Morgan fingerprint density at radius 2 is 2.50 bits per heavy atom. The lowest BCUT2D eigenvalue weighted by molar-refractivity contribution is -0.132. The van der Waals surface area contributed by atoms with Gasteiger partial charge in [-0.3, -0.25) is 4.79 Å². The summed E-state index contributed by atoms with van der Waals surface area (Å²) in [7, 11) is 0. The maximum atomic E-state index is 11.6. The van der Waals surface area contributed by atoms with Crippen molar-refractivity contribution in [2.45, 2.75) is 6.54 Å². The van der Waals surface area contributed by atoms with Crippen LogP contribution in [-0.4, -0.2) is 35.4 Å². The zero-order valence-electron chi connectivity index (χ0n) is 8.81. The van der Waals surface area contributed by atoms with Crippen LogP contribution < -0.4 is 5.32 Å². The van der Waals surface area contributed by atoms with E-state index in [4.69, 9.17) is 5.26 Å². The summed E-state index contributed by atoms with van der Waals surface area (Å²) in [4.78, 5) is 17.3. The molecule has 1 N–H and O–H groups in total. The average molecular weight is 216 g/mol. The summed E-state index contributed by atoms with van der Waals surface area (Å²) in [5, 5.41) is 11.9. The minimum absolute atomic E-state index is 0.0685. The SMILES string of the molecule is N#Cc1ncccc1CN1CCNCC1=O. The van der Waals surface area contributed by atoms with E-state index in [1.807, 2.05) is 12.1 Å². The molecule has 0 unspecified atom stereocenters. The molecule has 5 nitrogen and oxygen atoms in total. The Kier molecular flexibility index (Phi) is 3.13. The summed E-state index contributed by atoms with van der Waals surface area (Å²) in [6.07, 6.45) is 1.58. The summed E-state index contributed by atoms with van der Waals surface area (Å²) >= 11 is 0. The van der Waals surface area contributed by atoms with Gasteiger partial charge in [0.25, 0.3) is 0 Å². The Bertz CT molecular complexity index is 438. The number of carbonyl (C=O) groups excluding carboxylic acids is 1. The molecule has 0 radical (unpaired) electrons.